The molecule has 0 unspecified atom stereocenters. The molecule has 0 saturated heterocycles. The number of aromatic amines is 1. The molecule has 0 radical (unpaired) electrons. The van der Waals surface area contributed by atoms with E-state index in [-0.39, 0.29) is 23.6 Å². The summed E-state index contributed by atoms with van der Waals surface area (Å²) in [5.41, 5.74) is 4.94. The average Bonchev–Trinajstić information content (AvgIpc) is 3.20. The lowest BCUT2D eigenvalue weighted by Gasteiger charge is -2.28. The van der Waals surface area contributed by atoms with Crippen molar-refractivity contribution < 1.29 is 27.2 Å². The number of pyridine rings is 1. The van der Waals surface area contributed by atoms with Gasteiger partial charge in [0.1, 0.15) is 11.6 Å². The predicted molar refractivity (Wildman–Crippen MR) is 104 cm³/mol. The van der Waals surface area contributed by atoms with Gasteiger partial charge >= 0.3 is 18.0 Å². The number of nitrogens with one attached hydrogen (secondary N) is 2. The molecule has 2 amide bonds. The molecule has 2 heterocycles. The van der Waals surface area contributed by atoms with Gasteiger partial charge in [0.15, 0.2) is 0 Å². The van der Waals surface area contributed by atoms with E-state index in [2.05, 4.69) is 20.5 Å². The molecule has 3 aromatic rings. The molecule has 3 rings (SSSR count). The Morgan fingerprint density at radius 3 is 2.61 bits per heavy atom. The predicted octanol–water partition coefficient (Wildman–Crippen LogP) is 3.25. The van der Waals surface area contributed by atoms with Crippen molar-refractivity contribution in [1.29, 1.82) is 0 Å². The van der Waals surface area contributed by atoms with Gasteiger partial charge in [0.25, 0.3) is 0 Å². The topological polar surface area (TPSA) is 117 Å². The number of hydrogen-bond donors (Lipinski definition) is 3. The van der Waals surface area contributed by atoms with Gasteiger partial charge in [-0.25, -0.2) is 9.37 Å². The zero-order valence-electron chi connectivity index (χ0n) is 16.4. The van der Waals surface area contributed by atoms with Crippen LogP contribution in [0.5, 0.6) is 0 Å². The van der Waals surface area contributed by atoms with Crippen LogP contribution in [0, 0.1) is 5.82 Å². The fourth-order valence-electron chi connectivity index (χ4n) is 3.16. The van der Waals surface area contributed by atoms with Gasteiger partial charge in [-0.3, -0.25) is 14.7 Å². The Balaban J connectivity index is 1.83. The van der Waals surface area contributed by atoms with E-state index in [4.69, 9.17) is 5.73 Å². The number of carbonyl (C=O) groups excluding carboxylic acids is 2. The number of aromatic nitrogens is 3. The molecule has 0 aliphatic carbocycles. The van der Waals surface area contributed by atoms with E-state index < -0.39 is 35.4 Å². The lowest BCUT2D eigenvalue weighted by atomic mass is 10.0. The number of likely N-dealkylation sites (N-methyl/N-ethyl adjacent to an activating group) is 1. The molecule has 0 spiro atoms. The minimum atomic E-state index is -4.70. The Bertz CT molecular complexity index is 1140. The van der Waals surface area contributed by atoms with E-state index in [1.165, 1.54) is 19.3 Å². The molecule has 8 nitrogen and oxygen atoms in total. The van der Waals surface area contributed by atoms with Gasteiger partial charge in [0.2, 0.25) is 0 Å². The van der Waals surface area contributed by atoms with Gasteiger partial charge in [-0.2, -0.15) is 18.3 Å². The van der Waals surface area contributed by atoms with E-state index in [0.29, 0.717) is 17.0 Å². The number of nitrogens with zero attached hydrogens (tertiary/aromatic N) is 3. The maximum atomic E-state index is 14.3. The van der Waals surface area contributed by atoms with Crippen molar-refractivity contribution in [2.24, 2.45) is 0 Å². The van der Waals surface area contributed by atoms with Gasteiger partial charge in [-0.15, -0.1) is 0 Å². The summed E-state index contributed by atoms with van der Waals surface area (Å²) in [6.45, 7) is 2.98. The number of fused-ring (bicyclic) bond motifs is 1. The van der Waals surface area contributed by atoms with Crippen LogP contribution in [0.2, 0.25) is 0 Å². The minimum absolute atomic E-state index is 0.00728. The number of nitrogens with two attached hydrogens (primary N) is 1. The Labute approximate surface area is 173 Å². The monoisotopic (exact) mass is 438 g/mol. The molecule has 31 heavy (non-hydrogen) atoms. The van der Waals surface area contributed by atoms with E-state index in [0.717, 1.165) is 17.0 Å². The van der Waals surface area contributed by atoms with E-state index >= 15 is 0 Å². The van der Waals surface area contributed by atoms with Crippen molar-refractivity contribution in [2.75, 3.05) is 17.6 Å². The molecular weight excluding hydrogens is 420 g/mol. The number of benzene rings is 1. The number of amides is 2. The van der Waals surface area contributed by atoms with Crippen LogP contribution in [0.3, 0.4) is 0 Å². The molecule has 0 saturated carbocycles. The van der Waals surface area contributed by atoms with Crippen LogP contribution in [-0.2, 0) is 15.8 Å². The van der Waals surface area contributed by atoms with Gasteiger partial charge in [-0.1, -0.05) is 6.07 Å². The van der Waals surface area contributed by atoms with Crippen LogP contribution in [0.4, 0.5) is 29.1 Å². The normalized spacial score (nSPS) is 12.6. The third-order valence-electron chi connectivity index (χ3n) is 4.81. The molecule has 4 N–H and O–H groups in total. The summed E-state index contributed by atoms with van der Waals surface area (Å²) in [5.74, 6) is -2.99. The first-order chi connectivity index (χ1) is 14.5. The first kappa shape index (κ1) is 22.0. The van der Waals surface area contributed by atoms with Gasteiger partial charge in [0, 0.05) is 12.1 Å². The molecule has 1 aromatic carbocycles. The number of anilines is 2. The number of alkyl halides is 3. The number of hydrogen-bond acceptors (Lipinski definition) is 5. The van der Waals surface area contributed by atoms with E-state index in [9.17, 15) is 27.2 Å². The highest BCUT2D eigenvalue weighted by Crippen LogP contribution is 2.32. The highest BCUT2D eigenvalue weighted by atomic mass is 19.4. The van der Waals surface area contributed by atoms with Crippen LogP contribution < -0.4 is 11.1 Å². The molecule has 0 fully saturated rings. The van der Waals surface area contributed by atoms with Crippen molar-refractivity contribution in [1.82, 2.24) is 20.1 Å². The number of carbonyl (C=O) groups is 2. The van der Waals surface area contributed by atoms with Crippen molar-refractivity contribution in [3.05, 3.63) is 47.5 Å². The first-order valence-electron chi connectivity index (χ1n) is 9.10. The molecule has 2 aromatic heterocycles. The number of H-pyrrole nitrogens is 1. The van der Waals surface area contributed by atoms with Crippen molar-refractivity contribution in [3.8, 4) is 0 Å². The molecule has 1 atom stereocenters. The SMILES string of the molecule is CCN(C(=O)C(=O)Nc1cnc(N)c2cn[nH]c12)[C@@H](C)c1ccc(C(F)(F)F)cc1F. The molecular formula is C19H18F4N6O2. The van der Waals surface area contributed by atoms with Crippen LogP contribution in [0.15, 0.2) is 30.6 Å². The summed E-state index contributed by atoms with van der Waals surface area (Å²) in [7, 11) is 0. The van der Waals surface area contributed by atoms with E-state index in [1.54, 1.807) is 6.92 Å². The van der Waals surface area contributed by atoms with Crippen LogP contribution in [0.25, 0.3) is 10.9 Å². The summed E-state index contributed by atoms with van der Waals surface area (Å²) < 4.78 is 52.7. The van der Waals surface area contributed by atoms with Crippen molar-refractivity contribution in [2.45, 2.75) is 26.1 Å². The maximum absolute atomic E-state index is 14.3. The lowest BCUT2D eigenvalue weighted by molar-refractivity contribution is -0.144. The maximum Gasteiger partial charge on any atom is 0.416 e. The highest BCUT2D eigenvalue weighted by molar-refractivity contribution is 6.40. The molecule has 0 aliphatic heterocycles. The molecule has 164 valence electrons. The first-order valence-corrected chi connectivity index (χ1v) is 9.10. The second-order valence-corrected chi connectivity index (χ2v) is 6.67. The number of nitrogen functional groups attached to an aromatic ring is 1. The fourth-order valence-corrected chi connectivity index (χ4v) is 3.16. The molecule has 0 bridgehead atoms. The third kappa shape index (κ3) is 4.27. The Kier molecular flexibility index (Phi) is 5.82. The summed E-state index contributed by atoms with van der Waals surface area (Å²) >= 11 is 0. The van der Waals surface area contributed by atoms with Crippen LogP contribution in [0.1, 0.15) is 31.0 Å². The lowest BCUT2D eigenvalue weighted by Crippen LogP contribution is -2.41. The number of halogens is 4. The summed E-state index contributed by atoms with van der Waals surface area (Å²) in [4.78, 5) is 30.2. The molecule has 0 aliphatic rings. The van der Waals surface area contributed by atoms with Gasteiger partial charge in [0.05, 0.1) is 40.6 Å². The largest absolute Gasteiger partial charge is 0.416 e. The summed E-state index contributed by atoms with van der Waals surface area (Å²) in [6.07, 6.45) is -2.05. The van der Waals surface area contributed by atoms with Gasteiger partial charge < -0.3 is 16.0 Å². The highest BCUT2D eigenvalue weighted by Gasteiger charge is 2.33. The van der Waals surface area contributed by atoms with Crippen LogP contribution >= 0.6 is 0 Å². The average molecular weight is 438 g/mol. The van der Waals surface area contributed by atoms with Crippen molar-refractivity contribution >= 4 is 34.2 Å². The fraction of sp³-hybridized carbons (Fsp3) is 0.263. The smallest absolute Gasteiger partial charge is 0.383 e. The third-order valence-corrected chi connectivity index (χ3v) is 4.81. The quantitative estimate of drug-likeness (QED) is 0.427. The second kappa shape index (κ2) is 8.20. The Morgan fingerprint density at radius 2 is 2.00 bits per heavy atom. The zero-order chi connectivity index (χ0) is 22.9. The summed E-state index contributed by atoms with van der Waals surface area (Å²) in [5, 5.41) is 9.30. The second-order valence-electron chi connectivity index (χ2n) is 6.67. The minimum Gasteiger partial charge on any atom is -0.383 e. The Morgan fingerprint density at radius 1 is 1.29 bits per heavy atom. The number of rotatable bonds is 4. The Hall–Kier alpha value is -3.70. The summed E-state index contributed by atoms with van der Waals surface area (Å²) in [6, 6.07) is 1.04. The standard InChI is InChI=1S/C19H18F4N6O2/c1-3-29(9(2)11-5-4-10(6-13(11)20)19(21,22)23)18(31)17(30)27-14-8-25-16(24)12-7-26-28-15(12)14/h4-9H,3H2,1-2H3,(H2,24,25)(H,26,28)(H,27,30)/t9-/m0/s1. The van der Waals surface area contributed by atoms with E-state index in [1.807, 2.05) is 0 Å². The van der Waals surface area contributed by atoms with Crippen molar-refractivity contribution in [3.63, 3.8) is 0 Å². The van der Waals surface area contributed by atoms with Crippen LogP contribution in [-0.4, -0.2) is 38.4 Å². The molecule has 12 heteroatoms. The zero-order valence-corrected chi connectivity index (χ0v) is 16.4. The van der Waals surface area contributed by atoms with Gasteiger partial charge in [-0.05, 0) is 26.0 Å².